The molecule has 0 atom stereocenters. The Morgan fingerprint density at radius 2 is 2.00 bits per heavy atom. The third-order valence-electron chi connectivity index (χ3n) is 2.24. The maximum absolute atomic E-state index is 11.5. The van der Waals surface area contributed by atoms with Crippen molar-refractivity contribution in [3.05, 3.63) is 0 Å². The SMILES string of the molecule is CC(C)CCN(C)C(=O)CCCCBr. The Morgan fingerprint density at radius 1 is 1.36 bits per heavy atom. The molecule has 0 unspecified atom stereocenters. The second-order valence-electron chi connectivity index (χ2n) is 4.14. The van der Waals surface area contributed by atoms with E-state index in [0.717, 1.165) is 31.1 Å². The fourth-order valence-corrected chi connectivity index (χ4v) is 1.53. The van der Waals surface area contributed by atoms with Crippen molar-refractivity contribution in [3.63, 3.8) is 0 Å². The molecule has 0 saturated heterocycles. The Kier molecular flexibility index (Phi) is 8.24. The van der Waals surface area contributed by atoms with Crippen LogP contribution in [0.3, 0.4) is 0 Å². The second-order valence-corrected chi connectivity index (χ2v) is 4.94. The maximum atomic E-state index is 11.5. The highest BCUT2D eigenvalue weighted by Gasteiger charge is 2.08. The Balaban J connectivity index is 3.54. The summed E-state index contributed by atoms with van der Waals surface area (Å²) < 4.78 is 0. The molecule has 0 aliphatic rings. The molecule has 14 heavy (non-hydrogen) atoms. The predicted octanol–water partition coefficient (Wildman–Crippen LogP) is 3.06. The summed E-state index contributed by atoms with van der Waals surface area (Å²) in [4.78, 5) is 13.4. The van der Waals surface area contributed by atoms with E-state index in [1.165, 1.54) is 0 Å². The van der Waals surface area contributed by atoms with E-state index in [2.05, 4.69) is 29.8 Å². The van der Waals surface area contributed by atoms with Gasteiger partial charge in [-0.25, -0.2) is 0 Å². The van der Waals surface area contributed by atoms with Crippen LogP contribution in [-0.4, -0.2) is 29.7 Å². The summed E-state index contributed by atoms with van der Waals surface area (Å²) in [6.07, 6.45) is 3.88. The largest absolute Gasteiger partial charge is 0.346 e. The number of hydrogen-bond donors (Lipinski definition) is 0. The van der Waals surface area contributed by atoms with Gasteiger partial charge in [-0.05, 0) is 25.2 Å². The number of rotatable bonds is 7. The minimum atomic E-state index is 0.284. The zero-order valence-electron chi connectivity index (χ0n) is 9.55. The number of nitrogens with zero attached hydrogens (tertiary/aromatic N) is 1. The molecule has 0 fully saturated rings. The predicted molar refractivity (Wildman–Crippen MR) is 64.7 cm³/mol. The highest BCUT2D eigenvalue weighted by atomic mass is 79.9. The van der Waals surface area contributed by atoms with Gasteiger partial charge in [0, 0.05) is 25.3 Å². The zero-order chi connectivity index (χ0) is 11.0. The zero-order valence-corrected chi connectivity index (χ0v) is 11.1. The number of halogens is 1. The lowest BCUT2D eigenvalue weighted by atomic mass is 10.1. The Bertz CT molecular complexity index is 159. The van der Waals surface area contributed by atoms with Gasteiger partial charge in [0.25, 0.3) is 0 Å². The van der Waals surface area contributed by atoms with Crippen LogP contribution >= 0.6 is 15.9 Å². The number of alkyl halides is 1. The Morgan fingerprint density at radius 3 is 2.50 bits per heavy atom. The monoisotopic (exact) mass is 263 g/mol. The van der Waals surface area contributed by atoms with Crippen molar-refractivity contribution in [2.75, 3.05) is 18.9 Å². The second kappa shape index (κ2) is 8.27. The molecule has 0 aromatic carbocycles. The van der Waals surface area contributed by atoms with Gasteiger partial charge in [0.2, 0.25) is 5.91 Å². The average Bonchev–Trinajstić information content (AvgIpc) is 2.14. The lowest BCUT2D eigenvalue weighted by Gasteiger charge is -2.18. The van der Waals surface area contributed by atoms with Gasteiger partial charge < -0.3 is 4.90 Å². The van der Waals surface area contributed by atoms with Crippen molar-refractivity contribution >= 4 is 21.8 Å². The van der Waals surface area contributed by atoms with Gasteiger partial charge in [0.05, 0.1) is 0 Å². The lowest BCUT2D eigenvalue weighted by molar-refractivity contribution is -0.130. The van der Waals surface area contributed by atoms with Crippen LogP contribution < -0.4 is 0 Å². The summed E-state index contributed by atoms with van der Waals surface area (Å²) in [5.74, 6) is 0.958. The summed E-state index contributed by atoms with van der Waals surface area (Å²) in [5.41, 5.74) is 0. The Hall–Kier alpha value is -0.0500. The average molecular weight is 264 g/mol. The van der Waals surface area contributed by atoms with E-state index in [4.69, 9.17) is 0 Å². The molecule has 0 saturated carbocycles. The van der Waals surface area contributed by atoms with Gasteiger partial charge in [-0.1, -0.05) is 29.8 Å². The summed E-state index contributed by atoms with van der Waals surface area (Å²) in [6.45, 7) is 5.26. The third kappa shape index (κ3) is 7.36. The highest BCUT2D eigenvalue weighted by Crippen LogP contribution is 2.05. The van der Waals surface area contributed by atoms with E-state index < -0.39 is 0 Å². The van der Waals surface area contributed by atoms with Crippen LogP contribution in [0.4, 0.5) is 0 Å². The van der Waals surface area contributed by atoms with Gasteiger partial charge in [0.15, 0.2) is 0 Å². The third-order valence-corrected chi connectivity index (χ3v) is 2.80. The first kappa shape index (κ1) is 13.9. The fraction of sp³-hybridized carbons (Fsp3) is 0.909. The van der Waals surface area contributed by atoms with Crippen molar-refractivity contribution in [2.45, 2.75) is 39.5 Å². The van der Waals surface area contributed by atoms with Crippen LogP contribution in [0.1, 0.15) is 39.5 Å². The first-order valence-electron chi connectivity index (χ1n) is 5.37. The lowest BCUT2D eigenvalue weighted by Crippen LogP contribution is -2.28. The van der Waals surface area contributed by atoms with Crippen molar-refractivity contribution in [3.8, 4) is 0 Å². The first-order valence-corrected chi connectivity index (χ1v) is 6.50. The molecule has 0 heterocycles. The molecule has 1 amide bonds. The summed E-state index contributed by atoms with van der Waals surface area (Å²) in [7, 11) is 1.90. The molecule has 0 aliphatic heterocycles. The molecule has 0 aromatic heterocycles. The van der Waals surface area contributed by atoms with Crippen LogP contribution in [0.15, 0.2) is 0 Å². The molecular weight excluding hydrogens is 242 g/mol. The number of hydrogen-bond acceptors (Lipinski definition) is 1. The van der Waals surface area contributed by atoms with Crippen LogP contribution in [0.2, 0.25) is 0 Å². The van der Waals surface area contributed by atoms with Gasteiger partial charge >= 0.3 is 0 Å². The van der Waals surface area contributed by atoms with Gasteiger partial charge in [-0.3, -0.25) is 4.79 Å². The van der Waals surface area contributed by atoms with Crippen molar-refractivity contribution in [1.82, 2.24) is 4.90 Å². The van der Waals surface area contributed by atoms with E-state index in [1.54, 1.807) is 0 Å². The topological polar surface area (TPSA) is 20.3 Å². The highest BCUT2D eigenvalue weighted by molar-refractivity contribution is 9.09. The number of amides is 1. The molecule has 0 rings (SSSR count). The summed E-state index contributed by atoms with van der Waals surface area (Å²) in [5, 5.41) is 0.996. The molecular formula is C11H22BrNO. The fourth-order valence-electron chi connectivity index (χ4n) is 1.14. The van der Waals surface area contributed by atoms with Crippen molar-refractivity contribution in [1.29, 1.82) is 0 Å². The number of carbonyl (C=O) groups excluding carboxylic acids is 1. The molecule has 3 heteroatoms. The van der Waals surface area contributed by atoms with E-state index in [-0.39, 0.29) is 5.91 Å². The minimum Gasteiger partial charge on any atom is -0.346 e. The molecule has 0 spiro atoms. The normalized spacial score (nSPS) is 10.6. The molecule has 0 radical (unpaired) electrons. The van der Waals surface area contributed by atoms with Crippen molar-refractivity contribution < 1.29 is 4.79 Å². The van der Waals surface area contributed by atoms with Gasteiger partial charge in [-0.2, -0.15) is 0 Å². The van der Waals surface area contributed by atoms with Gasteiger partial charge in [-0.15, -0.1) is 0 Å². The molecule has 0 N–H and O–H groups in total. The standard InChI is InChI=1S/C11H22BrNO/c1-10(2)7-9-13(3)11(14)6-4-5-8-12/h10H,4-9H2,1-3H3. The smallest absolute Gasteiger partial charge is 0.222 e. The first-order chi connectivity index (χ1) is 6.57. The van der Waals surface area contributed by atoms with E-state index in [1.807, 2.05) is 11.9 Å². The molecule has 0 aromatic rings. The van der Waals surface area contributed by atoms with Crippen LogP contribution in [0, 0.1) is 5.92 Å². The minimum absolute atomic E-state index is 0.284. The van der Waals surface area contributed by atoms with Crippen molar-refractivity contribution in [2.24, 2.45) is 5.92 Å². The molecule has 2 nitrogen and oxygen atoms in total. The molecule has 84 valence electrons. The Labute approximate surface area is 96.2 Å². The number of carbonyl (C=O) groups is 1. The summed E-state index contributed by atoms with van der Waals surface area (Å²) >= 11 is 3.36. The van der Waals surface area contributed by atoms with E-state index >= 15 is 0 Å². The van der Waals surface area contributed by atoms with Crippen LogP contribution in [0.25, 0.3) is 0 Å². The molecule has 0 bridgehead atoms. The number of unbranched alkanes of at least 4 members (excludes halogenated alkanes) is 1. The molecule has 0 aliphatic carbocycles. The van der Waals surface area contributed by atoms with Gasteiger partial charge in [0.1, 0.15) is 0 Å². The van der Waals surface area contributed by atoms with Crippen LogP contribution in [0.5, 0.6) is 0 Å². The quantitative estimate of drug-likeness (QED) is 0.511. The van der Waals surface area contributed by atoms with Crippen LogP contribution in [-0.2, 0) is 4.79 Å². The summed E-state index contributed by atoms with van der Waals surface area (Å²) in [6, 6.07) is 0. The van der Waals surface area contributed by atoms with E-state index in [9.17, 15) is 4.79 Å². The van der Waals surface area contributed by atoms with E-state index in [0.29, 0.717) is 12.3 Å². The maximum Gasteiger partial charge on any atom is 0.222 e.